The fourth-order valence-electron chi connectivity index (χ4n) is 3.51. The molecule has 1 heterocycles. The van der Waals surface area contributed by atoms with E-state index in [4.69, 9.17) is 9.72 Å². The standard InChI is InChI=1S/C23H24N2O2/c1-2-8-23-24-20-12-5-6-13-21(20)25(23)15-18(26)16-27-22-14-7-10-17-9-3-4-11-19(17)22/h3-7,9-14,18,26H,2,8,15-16H2,1H3/t18-/m0/s1. The molecule has 1 aromatic heterocycles. The van der Waals surface area contributed by atoms with Crippen LogP contribution in [0, 0.1) is 0 Å². The van der Waals surface area contributed by atoms with Crippen LogP contribution < -0.4 is 4.74 Å². The van der Waals surface area contributed by atoms with Crippen molar-refractivity contribution in [3.8, 4) is 5.75 Å². The van der Waals surface area contributed by atoms with Crippen molar-refractivity contribution in [2.75, 3.05) is 6.61 Å². The molecule has 27 heavy (non-hydrogen) atoms. The summed E-state index contributed by atoms with van der Waals surface area (Å²) in [6, 6.07) is 22.2. The van der Waals surface area contributed by atoms with Crippen LogP contribution >= 0.6 is 0 Å². The minimum absolute atomic E-state index is 0.242. The lowest BCUT2D eigenvalue weighted by Crippen LogP contribution is -2.24. The van der Waals surface area contributed by atoms with Gasteiger partial charge in [0.1, 0.15) is 24.3 Å². The van der Waals surface area contributed by atoms with Crippen LogP contribution in [0.5, 0.6) is 5.75 Å². The summed E-state index contributed by atoms with van der Waals surface area (Å²) in [5.74, 6) is 1.82. The Bertz CT molecular complexity index is 1050. The zero-order valence-electron chi connectivity index (χ0n) is 15.5. The number of nitrogens with zero attached hydrogens (tertiary/aromatic N) is 2. The molecule has 4 nitrogen and oxygen atoms in total. The van der Waals surface area contributed by atoms with Crippen LogP contribution in [-0.2, 0) is 13.0 Å². The first-order chi connectivity index (χ1) is 13.3. The van der Waals surface area contributed by atoms with Gasteiger partial charge in [-0.2, -0.15) is 0 Å². The third-order valence-electron chi connectivity index (χ3n) is 4.78. The third kappa shape index (κ3) is 3.67. The largest absolute Gasteiger partial charge is 0.490 e. The number of ether oxygens (including phenoxy) is 1. The molecule has 0 unspecified atom stereocenters. The molecule has 0 radical (unpaired) electrons. The summed E-state index contributed by atoms with van der Waals surface area (Å²) in [6.07, 6.45) is 1.30. The highest BCUT2D eigenvalue weighted by molar-refractivity contribution is 5.88. The Hall–Kier alpha value is -2.85. The maximum atomic E-state index is 10.6. The maximum absolute atomic E-state index is 10.6. The summed E-state index contributed by atoms with van der Waals surface area (Å²) in [6.45, 7) is 2.86. The monoisotopic (exact) mass is 360 g/mol. The highest BCUT2D eigenvalue weighted by Gasteiger charge is 2.14. The van der Waals surface area contributed by atoms with Gasteiger partial charge < -0.3 is 14.4 Å². The number of hydrogen-bond acceptors (Lipinski definition) is 3. The van der Waals surface area contributed by atoms with E-state index in [9.17, 15) is 5.11 Å². The van der Waals surface area contributed by atoms with Crippen molar-refractivity contribution in [3.05, 3.63) is 72.6 Å². The van der Waals surface area contributed by atoms with E-state index in [-0.39, 0.29) is 6.61 Å². The zero-order valence-corrected chi connectivity index (χ0v) is 15.5. The Labute approximate surface area is 159 Å². The first kappa shape index (κ1) is 17.6. The molecule has 4 aromatic rings. The number of imidazole rings is 1. The second-order valence-electron chi connectivity index (χ2n) is 6.82. The number of para-hydroxylation sites is 2. The van der Waals surface area contributed by atoms with Crippen molar-refractivity contribution in [2.45, 2.75) is 32.4 Å². The van der Waals surface area contributed by atoms with Gasteiger partial charge in [0.05, 0.1) is 17.6 Å². The highest BCUT2D eigenvalue weighted by atomic mass is 16.5. The van der Waals surface area contributed by atoms with E-state index in [1.165, 1.54) is 0 Å². The molecule has 3 aromatic carbocycles. The minimum Gasteiger partial charge on any atom is -0.490 e. The average Bonchev–Trinajstić information content (AvgIpc) is 3.04. The summed E-state index contributed by atoms with van der Waals surface area (Å²) in [5, 5.41) is 12.8. The van der Waals surface area contributed by atoms with E-state index >= 15 is 0 Å². The van der Waals surface area contributed by atoms with Gasteiger partial charge >= 0.3 is 0 Å². The molecule has 4 heteroatoms. The van der Waals surface area contributed by atoms with Crippen molar-refractivity contribution in [1.82, 2.24) is 9.55 Å². The van der Waals surface area contributed by atoms with Crippen LogP contribution in [0.4, 0.5) is 0 Å². The van der Waals surface area contributed by atoms with E-state index < -0.39 is 6.10 Å². The van der Waals surface area contributed by atoms with E-state index in [0.29, 0.717) is 6.54 Å². The molecule has 0 spiro atoms. The van der Waals surface area contributed by atoms with E-state index in [1.54, 1.807) is 0 Å². The van der Waals surface area contributed by atoms with Crippen LogP contribution in [0.1, 0.15) is 19.2 Å². The van der Waals surface area contributed by atoms with Gasteiger partial charge in [-0.05, 0) is 30.0 Å². The Morgan fingerprint density at radius 1 is 1.00 bits per heavy atom. The molecule has 1 N–H and O–H groups in total. The van der Waals surface area contributed by atoms with Crippen LogP contribution in [0.25, 0.3) is 21.8 Å². The molecule has 0 aliphatic rings. The first-order valence-electron chi connectivity index (χ1n) is 9.49. The molecule has 0 aliphatic heterocycles. The molecule has 0 bridgehead atoms. The molecule has 0 aliphatic carbocycles. The second kappa shape index (κ2) is 7.80. The SMILES string of the molecule is CCCc1nc2ccccc2n1C[C@H](O)COc1cccc2ccccc12. The molecule has 138 valence electrons. The van der Waals surface area contributed by atoms with Gasteiger partial charge in [0.2, 0.25) is 0 Å². The minimum atomic E-state index is -0.614. The van der Waals surface area contributed by atoms with Gasteiger partial charge in [-0.15, -0.1) is 0 Å². The molecule has 1 atom stereocenters. The predicted octanol–water partition coefficient (Wildman–Crippen LogP) is 4.58. The average molecular weight is 360 g/mol. The van der Waals surface area contributed by atoms with Crippen molar-refractivity contribution in [1.29, 1.82) is 0 Å². The molecule has 0 fully saturated rings. The van der Waals surface area contributed by atoms with Gasteiger partial charge in [0.15, 0.2) is 0 Å². The topological polar surface area (TPSA) is 47.3 Å². The lowest BCUT2D eigenvalue weighted by Gasteiger charge is -2.16. The smallest absolute Gasteiger partial charge is 0.127 e. The fourth-order valence-corrected chi connectivity index (χ4v) is 3.51. The van der Waals surface area contributed by atoms with E-state index in [2.05, 4.69) is 29.7 Å². The van der Waals surface area contributed by atoms with Crippen LogP contribution in [0.3, 0.4) is 0 Å². The summed E-state index contributed by atoms with van der Waals surface area (Å²) in [7, 11) is 0. The molecule has 4 rings (SSSR count). The number of aliphatic hydroxyl groups is 1. The molecule has 0 saturated carbocycles. The van der Waals surface area contributed by atoms with Gasteiger partial charge in [0.25, 0.3) is 0 Å². The summed E-state index contributed by atoms with van der Waals surface area (Å²) in [4.78, 5) is 4.73. The second-order valence-corrected chi connectivity index (χ2v) is 6.82. The van der Waals surface area contributed by atoms with Crippen molar-refractivity contribution in [2.24, 2.45) is 0 Å². The van der Waals surface area contributed by atoms with Crippen molar-refractivity contribution in [3.63, 3.8) is 0 Å². The molecular formula is C23H24N2O2. The summed E-state index contributed by atoms with van der Waals surface area (Å²) in [5.41, 5.74) is 2.04. The van der Waals surface area contributed by atoms with Crippen LogP contribution in [0.2, 0.25) is 0 Å². The number of aryl methyl sites for hydroxylation is 1. The Kier molecular flexibility index (Phi) is 5.07. The number of rotatable bonds is 7. The zero-order chi connectivity index (χ0) is 18.6. The molecular weight excluding hydrogens is 336 g/mol. The quantitative estimate of drug-likeness (QED) is 0.525. The fraction of sp³-hybridized carbons (Fsp3) is 0.261. The Balaban J connectivity index is 1.52. The maximum Gasteiger partial charge on any atom is 0.127 e. The van der Waals surface area contributed by atoms with Crippen LogP contribution in [-0.4, -0.2) is 27.4 Å². The number of fused-ring (bicyclic) bond motifs is 2. The highest BCUT2D eigenvalue weighted by Crippen LogP contribution is 2.25. The van der Waals surface area contributed by atoms with Gasteiger partial charge in [0, 0.05) is 11.8 Å². The predicted molar refractivity (Wildman–Crippen MR) is 109 cm³/mol. The summed E-state index contributed by atoms with van der Waals surface area (Å²) >= 11 is 0. The normalized spacial score (nSPS) is 12.5. The number of aliphatic hydroxyl groups excluding tert-OH is 1. The lowest BCUT2D eigenvalue weighted by molar-refractivity contribution is 0.0934. The van der Waals surface area contributed by atoms with Crippen LogP contribution in [0.15, 0.2) is 66.7 Å². The lowest BCUT2D eigenvalue weighted by atomic mass is 10.1. The van der Waals surface area contributed by atoms with Crippen molar-refractivity contribution >= 4 is 21.8 Å². The van der Waals surface area contributed by atoms with Gasteiger partial charge in [-0.3, -0.25) is 0 Å². The third-order valence-corrected chi connectivity index (χ3v) is 4.78. The Morgan fingerprint density at radius 2 is 1.78 bits per heavy atom. The number of aromatic nitrogens is 2. The van der Waals surface area contributed by atoms with E-state index in [1.807, 2.05) is 48.5 Å². The number of benzene rings is 3. The Morgan fingerprint density at radius 3 is 2.67 bits per heavy atom. The summed E-state index contributed by atoms with van der Waals surface area (Å²) < 4.78 is 8.08. The molecule has 0 saturated heterocycles. The van der Waals surface area contributed by atoms with Gasteiger partial charge in [-0.25, -0.2) is 4.98 Å². The first-order valence-corrected chi connectivity index (χ1v) is 9.49. The molecule has 0 amide bonds. The van der Waals surface area contributed by atoms with Gasteiger partial charge in [-0.1, -0.05) is 55.5 Å². The number of hydrogen-bond donors (Lipinski definition) is 1. The van der Waals surface area contributed by atoms with E-state index in [0.717, 1.165) is 46.2 Å². The van der Waals surface area contributed by atoms with Crippen molar-refractivity contribution < 1.29 is 9.84 Å².